The van der Waals surface area contributed by atoms with E-state index in [1.54, 1.807) is 24.3 Å². The molecule has 1 rings (SSSR count). The summed E-state index contributed by atoms with van der Waals surface area (Å²) < 4.78 is 5.32. The standard InChI is InChI=1S/C11H10BrClO3/c1-16-10(14)6-9(13)11(15)7-2-4-8(12)5-3-7/h2-5,9H,6H2,1H3. The van der Waals surface area contributed by atoms with E-state index in [0.717, 1.165) is 4.47 Å². The number of ether oxygens (including phenoxy) is 1. The molecule has 0 aliphatic carbocycles. The molecule has 16 heavy (non-hydrogen) atoms. The molecule has 0 heterocycles. The maximum atomic E-state index is 11.8. The second-order valence-corrected chi connectivity index (χ2v) is 4.56. The van der Waals surface area contributed by atoms with Crippen molar-refractivity contribution in [2.24, 2.45) is 0 Å². The van der Waals surface area contributed by atoms with Crippen LogP contribution in [0.25, 0.3) is 0 Å². The van der Waals surface area contributed by atoms with E-state index in [2.05, 4.69) is 20.7 Å². The van der Waals surface area contributed by atoms with Crippen LogP contribution >= 0.6 is 27.5 Å². The van der Waals surface area contributed by atoms with E-state index in [-0.39, 0.29) is 12.2 Å². The van der Waals surface area contributed by atoms with Gasteiger partial charge in [-0.25, -0.2) is 0 Å². The topological polar surface area (TPSA) is 43.4 Å². The lowest BCUT2D eigenvalue weighted by molar-refractivity contribution is -0.140. The first-order valence-electron chi connectivity index (χ1n) is 4.55. The Morgan fingerprint density at radius 1 is 1.38 bits per heavy atom. The second kappa shape index (κ2) is 6.01. The number of hydrogen-bond donors (Lipinski definition) is 0. The number of carbonyl (C=O) groups is 2. The number of carbonyl (C=O) groups excluding carboxylic acids is 2. The van der Waals surface area contributed by atoms with Crippen molar-refractivity contribution >= 4 is 39.3 Å². The van der Waals surface area contributed by atoms with Gasteiger partial charge in [0.05, 0.1) is 13.5 Å². The lowest BCUT2D eigenvalue weighted by Gasteiger charge is -2.07. The lowest BCUT2D eigenvalue weighted by Crippen LogP contribution is -2.19. The predicted molar refractivity (Wildman–Crippen MR) is 64.7 cm³/mol. The van der Waals surface area contributed by atoms with Gasteiger partial charge in [-0.05, 0) is 12.1 Å². The third-order valence-electron chi connectivity index (χ3n) is 1.99. The fourth-order valence-electron chi connectivity index (χ4n) is 1.12. The third kappa shape index (κ3) is 3.61. The van der Waals surface area contributed by atoms with Gasteiger partial charge < -0.3 is 4.74 Å². The molecule has 3 nitrogen and oxygen atoms in total. The summed E-state index contributed by atoms with van der Waals surface area (Å²) in [5.74, 6) is -0.773. The Kier molecular flexibility index (Phi) is 4.96. The van der Waals surface area contributed by atoms with Crippen molar-refractivity contribution < 1.29 is 14.3 Å². The van der Waals surface area contributed by atoms with Gasteiger partial charge in [0.15, 0.2) is 5.78 Å². The molecule has 0 saturated carbocycles. The van der Waals surface area contributed by atoms with E-state index in [1.807, 2.05) is 0 Å². The van der Waals surface area contributed by atoms with Crippen LogP contribution in [-0.2, 0) is 9.53 Å². The molecule has 1 aromatic carbocycles. The highest BCUT2D eigenvalue weighted by Crippen LogP contribution is 2.15. The zero-order valence-electron chi connectivity index (χ0n) is 8.57. The van der Waals surface area contributed by atoms with Gasteiger partial charge in [0.25, 0.3) is 0 Å². The Morgan fingerprint density at radius 2 is 1.94 bits per heavy atom. The number of rotatable bonds is 4. The number of esters is 1. The summed E-state index contributed by atoms with van der Waals surface area (Å²) in [5, 5.41) is -0.881. The number of Topliss-reactive ketones (excluding diaryl/α,β-unsaturated/α-hetero) is 1. The van der Waals surface area contributed by atoms with Crippen LogP contribution in [0.4, 0.5) is 0 Å². The van der Waals surface area contributed by atoms with Crippen molar-refractivity contribution in [1.29, 1.82) is 0 Å². The Labute approximate surface area is 107 Å². The molecule has 0 radical (unpaired) electrons. The van der Waals surface area contributed by atoms with Crippen molar-refractivity contribution in [3.8, 4) is 0 Å². The molecule has 0 aliphatic rings. The minimum absolute atomic E-state index is 0.118. The SMILES string of the molecule is COC(=O)CC(Cl)C(=O)c1ccc(Br)cc1. The summed E-state index contributed by atoms with van der Waals surface area (Å²) in [6, 6.07) is 6.79. The van der Waals surface area contributed by atoms with E-state index in [4.69, 9.17) is 11.6 Å². The maximum Gasteiger partial charge on any atom is 0.307 e. The summed E-state index contributed by atoms with van der Waals surface area (Å²) in [6.07, 6.45) is -0.118. The molecule has 86 valence electrons. The Morgan fingerprint density at radius 3 is 2.44 bits per heavy atom. The number of ketones is 1. The molecule has 0 bridgehead atoms. The Bertz CT molecular complexity index is 389. The molecule has 0 spiro atoms. The highest BCUT2D eigenvalue weighted by molar-refractivity contribution is 9.10. The van der Waals surface area contributed by atoms with Crippen molar-refractivity contribution in [2.45, 2.75) is 11.8 Å². The van der Waals surface area contributed by atoms with Crippen LogP contribution in [0.3, 0.4) is 0 Å². The predicted octanol–water partition coefficient (Wildman–Crippen LogP) is 2.80. The van der Waals surface area contributed by atoms with E-state index < -0.39 is 11.3 Å². The minimum Gasteiger partial charge on any atom is -0.469 e. The summed E-state index contributed by atoms with van der Waals surface area (Å²) in [5.41, 5.74) is 0.479. The summed E-state index contributed by atoms with van der Waals surface area (Å²) in [7, 11) is 1.26. The average Bonchev–Trinajstić information content (AvgIpc) is 2.28. The Balaban J connectivity index is 2.70. The van der Waals surface area contributed by atoms with E-state index >= 15 is 0 Å². The first kappa shape index (κ1) is 13.2. The molecule has 1 atom stereocenters. The molecule has 0 N–H and O–H groups in total. The zero-order valence-corrected chi connectivity index (χ0v) is 10.9. The van der Waals surface area contributed by atoms with Crippen LogP contribution in [0.5, 0.6) is 0 Å². The number of alkyl halides is 1. The fourth-order valence-corrected chi connectivity index (χ4v) is 1.63. The smallest absolute Gasteiger partial charge is 0.307 e. The molecular formula is C11H10BrClO3. The lowest BCUT2D eigenvalue weighted by atomic mass is 10.1. The normalized spacial score (nSPS) is 11.9. The quantitative estimate of drug-likeness (QED) is 0.488. The average molecular weight is 306 g/mol. The van der Waals surface area contributed by atoms with Gasteiger partial charge in [-0.2, -0.15) is 0 Å². The van der Waals surface area contributed by atoms with E-state index in [0.29, 0.717) is 5.56 Å². The number of hydrogen-bond acceptors (Lipinski definition) is 3. The highest BCUT2D eigenvalue weighted by atomic mass is 79.9. The van der Waals surface area contributed by atoms with E-state index in [9.17, 15) is 9.59 Å². The van der Waals surface area contributed by atoms with Gasteiger partial charge in [0.1, 0.15) is 5.38 Å². The zero-order chi connectivity index (χ0) is 12.1. The molecule has 0 fully saturated rings. The molecule has 0 saturated heterocycles. The van der Waals surface area contributed by atoms with Crippen LogP contribution < -0.4 is 0 Å². The van der Waals surface area contributed by atoms with Crippen LogP contribution in [0.15, 0.2) is 28.7 Å². The summed E-state index contributed by atoms with van der Waals surface area (Å²) >= 11 is 9.08. The van der Waals surface area contributed by atoms with Crippen molar-refractivity contribution in [3.63, 3.8) is 0 Å². The summed E-state index contributed by atoms with van der Waals surface area (Å²) in [6.45, 7) is 0. The summed E-state index contributed by atoms with van der Waals surface area (Å²) in [4.78, 5) is 22.7. The largest absolute Gasteiger partial charge is 0.469 e. The molecule has 0 amide bonds. The minimum atomic E-state index is -0.881. The molecule has 1 aromatic rings. The molecule has 5 heteroatoms. The van der Waals surface area contributed by atoms with Gasteiger partial charge >= 0.3 is 5.97 Å². The van der Waals surface area contributed by atoms with Crippen LogP contribution in [0, 0.1) is 0 Å². The Hall–Kier alpha value is -0.870. The number of methoxy groups -OCH3 is 1. The van der Waals surface area contributed by atoms with Crippen molar-refractivity contribution in [1.82, 2.24) is 0 Å². The van der Waals surface area contributed by atoms with Crippen LogP contribution in [0.1, 0.15) is 16.8 Å². The molecule has 0 aromatic heterocycles. The van der Waals surface area contributed by atoms with Gasteiger partial charge in [-0.15, -0.1) is 11.6 Å². The number of halogens is 2. The van der Waals surface area contributed by atoms with E-state index in [1.165, 1.54) is 7.11 Å². The monoisotopic (exact) mass is 304 g/mol. The second-order valence-electron chi connectivity index (χ2n) is 3.12. The van der Waals surface area contributed by atoms with Crippen LogP contribution in [0.2, 0.25) is 0 Å². The molecule has 0 aliphatic heterocycles. The first-order valence-corrected chi connectivity index (χ1v) is 5.78. The fraction of sp³-hybridized carbons (Fsp3) is 0.273. The van der Waals surface area contributed by atoms with Crippen molar-refractivity contribution in [2.75, 3.05) is 7.11 Å². The van der Waals surface area contributed by atoms with Gasteiger partial charge in [0.2, 0.25) is 0 Å². The van der Waals surface area contributed by atoms with Crippen LogP contribution in [-0.4, -0.2) is 24.2 Å². The number of benzene rings is 1. The maximum absolute atomic E-state index is 11.8. The first-order chi connectivity index (χ1) is 7.54. The molecule has 1 unspecified atom stereocenters. The van der Waals surface area contributed by atoms with Crippen molar-refractivity contribution in [3.05, 3.63) is 34.3 Å². The van der Waals surface area contributed by atoms with Gasteiger partial charge in [-0.3, -0.25) is 9.59 Å². The van der Waals surface area contributed by atoms with Gasteiger partial charge in [-0.1, -0.05) is 28.1 Å². The van der Waals surface area contributed by atoms with Gasteiger partial charge in [0, 0.05) is 10.0 Å². The molecular weight excluding hydrogens is 295 g/mol. The highest BCUT2D eigenvalue weighted by Gasteiger charge is 2.20. The third-order valence-corrected chi connectivity index (χ3v) is 2.87.